The van der Waals surface area contributed by atoms with Crippen LogP contribution < -0.4 is 4.72 Å². The van der Waals surface area contributed by atoms with Crippen LogP contribution in [0.15, 0.2) is 47.8 Å². The van der Waals surface area contributed by atoms with Gasteiger partial charge < -0.3 is 0 Å². The van der Waals surface area contributed by atoms with Gasteiger partial charge in [-0.15, -0.1) is 11.3 Å². The number of hydrogen-bond acceptors (Lipinski definition) is 5. The van der Waals surface area contributed by atoms with Gasteiger partial charge in [-0.05, 0) is 19.1 Å². The molecule has 0 aliphatic rings. The van der Waals surface area contributed by atoms with Gasteiger partial charge in [0.2, 0.25) is 10.0 Å². The Hall–Kier alpha value is -2.10. The van der Waals surface area contributed by atoms with Gasteiger partial charge in [0, 0.05) is 17.6 Å². The van der Waals surface area contributed by atoms with Gasteiger partial charge in [0.1, 0.15) is 16.4 Å². The third kappa shape index (κ3) is 3.46. The predicted octanol–water partition coefficient (Wildman–Crippen LogP) is 2.25. The lowest BCUT2D eigenvalue weighted by Crippen LogP contribution is -2.22. The summed E-state index contributed by atoms with van der Waals surface area (Å²) < 4.78 is 41.9. The predicted molar refractivity (Wildman–Crippen MR) is 84.4 cm³/mol. The standard InChI is InChI=1S/C14H13FN4O2S2/c1-10-16-6-11(22-10)7-18-23(20,21)12-8-17-19(9-12)14-5-3-2-4-13(14)15/h2-6,8-9,18H,7H2,1H3. The third-order valence-electron chi connectivity index (χ3n) is 3.07. The van der Waals surface area contributed by atoms with E-state index in [-0.39, 0.29) is 17.1 Å². The highest BCUT2D eigenvalue weighted by atomic mass is 32.2. The quantitative estimate of drug-likeness (QED) is 0.764. The first-order valence-corrected chi connectivity index (χ1v) is 8.96. The lowest BCUT2D eigenvalue weighted by Gasteiger charge is -2.03. The highest BCUT2D eigenvalue weighted by molar-refractivity contribution is 7.89. The summed E-state index contributed by atoms with van der Waals surface area (Å²) >= 11 is 1.42. The summed E-state index contributed by atoms with van der Waals surface area (Å²) in [6.07, 6.45) is 4.09. The van der Waals surface area contributed by atoms with E-state index in [0.717, 1.165) is 9.88 Å². The minimum absolute atomic E-state index is 0.0259. The van der Waals surface area contributed by atoms with Gasteiger partial charge in [-0.25, -0.2) is 27.2 Å². The van der Waals surface area contributed by atoms with Gasteiger partial charge in [-0.2, -0.15) is 5.10 Å². The van der Waals surface area contributed by atoms with E-state index in [1.165, 1.54) is 40.5 Å². The Balaban J connectivity index is 1.80. The third-order valence-corrected chi connectivity index (χ3v) is 5.34. The summed E-state index contributed by atoms with van der Waals surface area (Å²) in [5, 5.41) is 4.79. The molecule has 0 atom stereocenters. The monoisotopic (exact) mass is 352 g/mol. The molecule has 0 bridgehead atoms. The zero-order chi connectivity index (χ0) is 16.4. The first kappa shape index (κ1) is 15.8. The first-order chi connectivity index (χ1) is 11.0. The lowest BCUT2D eigenvalue weighted by atomic mass is 10.3. The van der Waals surface area contributed by atoms with Crippen LogP contribution >= 0.6 is 11.3 Å². The number of rotatable bonds is 5. The van der Waals surface area contributed by atoms with Crippen LogP contribution in [0.3, 0.4) is 0 Å². The maximum absolute atomic E-state index is 13.7. The number of thiazole rings is 1. The Labute approximate surface area is 136 Å². The molecule has 0 aliphatic heterocycles. The summed E-state index contributed by atoms with van der Waals surface area (Å²) in [7, 11) is -3.73. The van der Waals surface area contributed by atoms with E-state index < -0.39 is 15.8 Å². The molecule has 3 rings (SSSR count). The van der Waals surface area contributed by atoms with Crippen LogP contribution in [-0.2, 0) is 16.6 Å². The van der Waals surface area contributed by atoms with Crippen LogP contribution in [0.4, 0.5) is 4.39 Å². The SMILES string of the molecule is Cc1ncc(CNS(=O)(=O)c2cnn(-c3ccccc3F)c2)s1. The maximum Gasteiger partial charge on any atom is 0.244 e. The van der Waals surface area contributed by atoms with Crippen LogP contribution in [0.2, 0.25) is 0 Å². The van der Waals surface area contributed by atoms with E-state index in [0.29, 0.717) is 0 Å². The molecular weight excluding hydrogens is 339 g/mol. The molecule has 0 amide bonds. The molecule has 1 aromatic carbocycles. The van der Waals surface area contributed by atoms with E-state index in [9.17, 15) is 12.8 Å². The van der Waals surface area contributed by atoms with Gasteiger partial charge in [0.05, 0.1) is 17.4 Å². The van der Waals surface area contributed by atoms with Gasteiger partial charge >= 0.3 is 0 Å². The number of hydrogen-bond donors (Lipinski definition) is 1. The Kier molecular flexibility index (Phi) is 4.24. The van der Waals surface area contributed by atoms with Crippen molar-refractivity contribution in [2.45, 2.75) is 18.4 Å². The molecule has 0 radical (unpaired) electrons. The summed E-state index contributed by atoms with van der Waals surface area (Å²) in [4.78, 5) is 4.86. The van der Waals surface area contributed by atoms with Crippen LogP contribution in [-0.4, -0.2) is 23.2 Å². The molecule has 6 nitrogen and oxygen atoms in total. The number of nitrogens with zero attached hydrogens (tertiary/aromatic N) is 3. The van der Waals surface area contributed by atoms with Crippen LogP contribution in [0.25, 0.3) is 5.69 Å². The zero-order valence-electron chi connectivity index (χ0n) is 12.1. The van der Waals surface area contributed by atoms with Crippen molar-refractivity contribution in [3.63, 3.8) is 0 Å². The van der Waals surface area contributed by atoms with E-state index in [4.69, 9.17) is 0 Å². The molecule has 3 aromatic rings. The molecule has 0 saturated heterocycles. The number of sulfonamides is 1. The number of nitrogens with one attached hydrogen (secondary N) is 1. The smallest absolute Gasteiger partial charge is 0.244 e. The minimum atomic E-state index is -3.73. The Morgan fingerprint density at radius 3 is 2.78 bits per heavy atom. The molecule has 0 spiro atoms. The van der Waals surface area contributed by atoms with Gasteiger partial charge in [0.25, 0.3) is 0 Å². The second-order valence-electron chi connectivity index (χ2n) is 4.74. The first-order valence-electron chi connectivity index (χ1n) is 6.66. The normalized spacial score (nSPS) is 11.7. The van der Waals surface area contributed by atoms with Crippen LogP contribution in [0.5, 0.6) is 0 Å². The molecule has 1 N–H and O–H groups in total. The fraction of sp³-hybridized carbons (Fsp3) is 0.143. The highest BCUT2D eigenvalue weighted by Gasteiger charge is 2.18. The fourth-order valence-electron chi connectivity index (χ4n) is 1.95. The van der Waals surface area contributed by atoms with Crippen LogP contribution in [0, 0.1) is 12.7 Å². The van der Waals surface area contributed by atoms with E-state index in [1.807, 2.05) is 6.92 Å². The Morgan fingerprint density at radius 2 is 2.09 bits per heavy atom. The molecule has 2 heterocycles. The molecule has 0 saturated carbocycles. The topological polar surface area (TPSA) is 76.9 Å². The fourth-order valence-corrected chi connectivity index (χ4v) is 3.71. The van der Waals surface area contributed by atoms with Gasteiger partial charge in [-0.3, -0.25) is 0 Å². The molecule has 0 aliphatic carbocycles. The number of aryl methyl sites for hydroxylation is 1. The molecule has 23 heavy (non-hydrogen) atoms. The van der Waals surface area contributed by atoms with Gasteiger partial charge in [0.15, 0.2) is 0 Å². The minimum Gasteiger partial charge on any atom is -0.250 e. The van der Waals surface area contributed by atoms with Crippen molar-refractivity contribution < 1.29 is 12.8 Å². The van der Waals surface area contributed by atoms with Crippen molar-refractivity contribution in [3.05, 3.63) is 58.6 Å². The van der Waals surface area contributed by atoms with Crippen molar-refractivity contribution in [2.75, 3.05) is 0 Å². The van der Waals surface area contributed by atoms with Gasteiger partial charge in [-0.1, -0.05) is 12.1 Å². The molecular formula is C14H13FN4O2S2. The number of benzene rings is 1. The largest absolute Gasteiger partial charge is 0.250 e. The number of halogens is 1. The van der Waals surface area contributed by atoms with Crippen molar-refractivity contribution in [1.82, 2.24) is 19.5 Å². The second kappa shape index (κ2) is 6.19. The molecule has 120 valence electrons. The summed E-state index contributed by atoms with van der Waals surface area (Å²) in [6, 6.07) is 6.01. The number of para-hydroxylation sites is 1. The van der Waals surface area contributed by atoms with Crippen LogP contribution in [0.1, 0.15) is 9.88 Å². The Bertz CT molecular complexity index is 934. The van der Waals surface area contributed by atoms with Crippen molar-refractivity contribution in [1.29, 1.82) is 0 Å². The summed E-state index contributed by atoms with van der Waals surface area (Å²) in [6.45, 7) is 2.00. The average molecular weight is 352 g/mol. The molecule has 2 aromatic heterocycles. The highest BCUT2D eigenvalue weighted by Crippen LogP contribution is 2.16. The average Bonchev–Trinajstić information content (AvgIpc) is 3.15. The van der Waals surface area contributed by atoms with E-state index in [1.54, 1.807) is 18.3 Å². The van der Waals surface area contributed by atoms with Crippen molar-refractivity contribution in [3.8, 4) is 5.69 Å². The van der Waals surface area contributed by atoms with E-state index in [2.05, 4.69) is 14.8 Å². The second-order valence-corrected chi connectivity index (χ2v) is 7.83. The number of aromatic nitrogens is 3. The Morgan fingerprint density at radius 1 is 1.30 bits per heavy atom. The lowest BCUT2D eigenvalue weighted by molar-refractivity contribution is 0.581. The molecule has 0 fully saturated rings. The summed E-state index contributed by atoms with van der Waals surface area (Å²) in [5.74, 6) is -0.479. The van der Waals surface area contributed by atoms with Crippen molar-refractivity contribution in [2.24, 2.45) is 0 Å². The maximum atomic E-state index is 13.7. The zero-order valence-corrected chi connectivity index (χ0v) is 13.7. The van der Waals surface area contributed by atoms with Crippen molar-refractivity contribution >= 4 is 21.4 Å². The molecule has 0 unspecified atom stereocenters. The summed E-state index contributed by atoms with van der Waals surface area (Å²) in [5.41, 5.74) is 0.187. The molecule has 9 heteroatoms. The van der Waals surface area contributed by atoms with E-state index >= 15 is 0 Å².